The van der Waals surface area contributed by atoms with Crippen LogP contribution >= 0.6 is 0 Å². The molecule has 0 N–H and O–H groups in total. The lowest BCUT2D eigenvalue weighted by molar-refractivity contribution is 0.0594. The molecule has 3 aromatic rings. The molecule has 2 fully saturated rings. The molecule has 2 aliphatic heterocycles. The van der Waals surface area contributed by atoms with Crippen molar-refractivity contribution in [2.45, 2.75) is 45.6 Å². The lowest BCUT2D eigenvalue weighted by atomic mass is 9.98. The number of halogens is 3. The fourth-order valence-electron chi connectivity index (χ4n) is 4.98. The van der Waals surface area contributed by atoms with Gasteiger partial charge in [0.05, 0.1) is 11.7 Å². The number of carbonyl (C=O) groups excluding carboxylic acids is 1. The lowest BCUT2D eigenvalue weighted by Gasteiger charge is -2.34. The van der Waals surface area contributed by atoms with Gasteiger partial charge in [0.2, 0.25) is 0 Å². The van der Waals surface area contributed by atoms with Crippen molar-refractivity contribution in [3.05, 3.63) is 58.7 Å². The number of aryl methyl sites for hydroxylation is 1. The molecule has 0 unspecified atom stereocenters. The smallest absolute Gasteiger partial charge is 0.260 e. The maximum absolute atomic E-state index is 14.3. The van der Waals surface area contributed by atoms with Crippen LogP contribution < -0.4 is 4.90 Å². The molecule has 1 aromatic carbocycles. The number of hydrogen-bond donors (Lipinski definition) is 0. The first-order valence-corrected chi connectivity index (χ1v) is 11.4. The summed E-state index contributed by atoms with van der Waals surface area (Å²) in [5.41, 5.74) is 1.42. The van der Waals surface area contributed by atoms with Crippen molar-refractivity contribution in [2.24, 2.45) is 5.92 Å². The van der Waals surface area contributed by atoms with E-state index in [0.717, 1.165) is 43.4 Å². The first kappa shape index (κ1) is 21.7. The minimum atomic E-state index is -1.46. The fourth-order valence-corrected chi connectivity index (χ4v) is 4.98. The van der Waals surface area contributed by atoms with Crippen molar-refractivity contribution in [1.29, 1.82) is 0 Å². The number of fused-ring (bicyclic) bond motifs is 1. The standard InChI is InChI=1S/C24H26F3N5O/c1-14-8-10-30(12-14)23-15(2)13-32-20(28-23)11-18(29-32)19-5-3-4-9-31(19)24(33)21-16(25)6-7-17(26)22(21)27/h6-7,11,13-14,19H,3-5,8-10,12H2,1-2H3/t14-,19-/m0/s1. The highest BCUT2D eigenvalue weighted by atomic mass is 19.2. The summed E-state index contributed by atoms with van der Waals surface area (Å²) < 4.78 is 44.1. The number of carbonyl (C=O) groups is 1. The number of rotatable bonds is 3. The average Bonchev–Trinajstić information content (AvgIpc) is 3.41. The number of likely N-dealkylation sites (tertiary alicyclic amines) is 1. The fraction of sp³-hybridized carbons (Fsp3) is 0.458. The van der Waals surface area contributed by atoms with E-state index in [1.165, 1.54) is 4.90 Å². The summed E-state index contributed by atoms with van der Waals surface area (Å²) in [5, 5.41) is 4.65. The predicted octanol–water partition coefficient (Wildman–Crippen LogP) is 4.67. The molecule has 6 nitrogen and oxygen atoms in total. The van der Waals surface area contributed by atoms with E-state index >= 15 is 0 Å². The highest BCUT2D eigenvalue weighted by Crippen LogP contribution is 2.34. The van der Waals surface area contributed by atoms with Crippen molar-refractivity contribution in [3.63, 3.8) is 0 Å². The van der Waals surface area contributed by atoms with Crippen molar-refractivity contribution < 1.29 is 18.0 Å². The van der Waals surface area contributed by atoms with Gasteiger partial charge in [0.15, 0.2) is 17.3 Å². The third kappa shape index (κ3) is 3.83. The SMILES string of the molecule is Cc1cn2nc([C@@H]3CCCCN3C(=O)c3c(F)ccc(F)c3F)cc2nc1N1CC[C@H](C)C1. The molecule has 0 bridgehead atoms. The average molecular weight is 458 g/mol. The summed E-state index contributed by atoms with van der Waals surface area (Å²) in [4.78, 5) is 21.6. The summed E-state index contributed by atoms with van der Waals surface area (Å²) in [6.07, 6.45) is 5.19. The zero-order chi connectivity index (χ0) is 23.3. The predicted molar refractivity (Wildman–Crippen MR) is 118 cm³/mol. The van der Waals surface area contributed by atoms with Gasteiger partial charge in [-0.2, -0.15) is 5.10 Å². The molecule has 0 spiro atoms. The molecule has 0 radical (unpaired) electrons. The third-order valence-corrected chi connectivity index (χ3v) is 6.71. The van der Waals surface area contributed by atoms with E-state index in [4.69, 9.17) is 4.98 Å². The Balaban J connectivity index is 1.50. The second kappa shape index (κ2) is 8.35. The third-order valence-electron chi connectivity index (χ3n) is 6.71. The van der Waals surface area contributed by atoms with E-state index in [-0.39, 0.29) is 0 Å². The highest BCUT2D eigenvalue weighted by Gasteiger charge is 2.34. The van der Waals surface area contributed by atoms with Crippen molar-refractivity contribution in [2.75, 3.05) is 24.5 Å². The second-order valence-corrected chi connectivity index (χ2v) is 9.19. The zero-order valence-corrected chi connectivity index (χ0v) is 18.7. The van der Waals surface area contributed by atoms with Crippen LogP contribution in [0.4, 0.5) is 19.0 Å². The van der Waals surface area contributed by atoms with E-state index in [2.05, 4.69) is 16.9 Å². The minimum absolute atomic E-state index is 0.316. The van der Waals surface area contributed by atoms with Gasteiger partial charge in [0, 0.05) is 37.5 Å². The summed E-state index contributed by atoms with van der Waals surface area (Å²) in [6, 6.07) is 2.83. The molecular formula is C24H26F3N5O. The maximum Gasteiger partial charge on any atom is 0.260 e. The van der Waals surface area contributed by atoms with Crippen LogP contribution in [-0.2, 0) is 0 Å². The van der Waals surface area contributed by atoms with Crippen molar-refractivity contribution in [1.82, 2.24) is 19.5 Å². The number of hydrogen-bond acceptors (Lipinski definition) is 4. The van der Waals surface area contributed by atoms with Gasteiger partial charge < -0.3 is 9.80 Å². The Morgan fingerprint density at radius 2 is 1.88 bits per heavy atom. The number of piperidine rings is 1. The molecular weight excluding hydrogens is 431 g/mol. The van der Waals surface area contributed by atoms with Gasteiger partial charge in [0.25, 0.3) is 5.91 Å². The van der Waals surface area contributed by atoms with E-state index in [9.17, 15) is 18.0 Å². The topological polar surface area (TPSA) is 53.7 Å². The lowest BCUT2D eigenvalue weighted by Crippen LogP contribution is -2.39. The van der Waals surface area contributed by atoms with E-state index in [0.29, 0.717) is 42.7 Å². The molecule has 2 atom stereocenters. The van der Waals surface area contributed by atoms with Crippen LogP contribution in [0.5, 0.6) is 0 Å². The molecule has 0 aliphatic carbocycles. The maximum atomic E-state index is 14.3. The van der Waals surface area contributed by atoms with Crippen LogP contribution in [0.3, 0.4) is 0 Å². The van der Waals surface area contributed by atoms with Crippen LogP contribution in [0.15, 0.2) is 24.4 Å². The van der Waals surface area contributed by atoms with Gasteiger partial charge >= 0.3 is 0 Å². The van der Waals surface area contributed by atoms with Gasteiger partial charge in [0.1, 0.15) is 17.2 Å². The molecule has 33 heavy (non-hydrogen) atoms. The van der Waals surface area contributed by atoms with Crippen LogP contribution in [0.25, 0.3) is 5.65 Å². The molecule has 174 valence electrons. The Kier molecular flexibility index (Phi) is 5.50. The Labute approximate surface area is 190 Å². The Bertz CT molecular complexity index is 1230. The number of nitrogens with zero attached hydrogens (tertiary/aromatic N) is 5. The molecule has 9 heteroatoms. The van der Waals surface area contributed by atoms with Crippen LogP contribution in [-0.4, -0.2) is 45.0 Å². The Morgan fingerprint density at radius 1 is 1.09 bits per heavy atom. The largest absolute Gasteiger partial charge is 0.356 e. The molecule has 4 heterocycles. The van der Waals surface area contributed by atoms with Gasteiger partial charge in [-0.05, 0) is 50.7 Å². The van der Waals surface area contributed by atoms with E-state index < -0.39 is 35.0 Å². The number of aromatic nitrogens is 3. The van der Waals surface area contributed by atoms with Gasteiger partial charge in [-0.15, -0.1) is 0 Å². The molecule has 0 saturated carbocycles. The molecule has 5 rings (SSSR count). The molecule has 1 amide bonds. The van der Waals surface area contributed by atoms with Gasteiger partial charge in [-0.1, -0.05) is 6.92 Å². The highest BCUT2D eigenvalue weighted by molar-refractivity contribution is 5.95. The number of amides is 1. The molecule has 2 aliphatic rings. The van der Waals surface area contributed by atoms with Crippen LogP contribution in [0, 0.1) is 30.3 Å². The number of benzene rings is 1. The van der Waals surface area contributed by atoms with Crippen LogP contribution in [0.2, 0.25) is 0 Å². The zero-order valence-electron chi connectivity index (χ0n) is 18.7. The Hall–Kier alpha value is -3.10. The van der Waals surface area contributed by atoms with E-state index in [1.54, 1.807) is 4.52 Å². The summed E-state index contributed by atoms with van der Waals surface area (Å²) in [5.74, 6) is -3.08. The van der Waals surface area contributed by atoms with E-state index in [1.807, 2.05) is 19.2 Å². The van der Waals surface area contributed by atoms with Gasteiger partial charge in [-0.3, -0.25) is 4.79 Å². The summed E-state index contributed by atoms with van der Waals surface area (Å²) >= 11 is 0. The normalized spacial score (nSPS) is 21.2. The molecule has 2 saturated heterocycles. The van der Waals surface area contributed by atoms with Crippen molar-refractivity contribution >= 4 is 17.4 Å². The van der Waals surface area contributed by atoms with Gasteiger partial charge in [-0.25, -0.2) is 22.7 Å². The first-order chi connectivity index (χ1) is 15.8. The minimum Gasteiger partial charge on any atom is -0.356 e. The second-order valence-electron chi connectivity index (χ2n) is 9.19. The monoisotopic (exact) mass is 457 g/mol. The van der Waals surface area contributed by atoms with Crippen molar-refractivity contribution in [3.8, 4) is 0 Å². The van der Waals surface area contributed by atoms with Crippen LogP contribution in [0.1, 0.15) is 60.3 Å². The quantitative estimate of drug-likeness (QED) is 0.537. The first-order valence-electron chi connectivity index (χ1n) is 11.4. The number of anilines is 1. The Morgan fingerprint density at radius 3 is 2.64 bits per heavy atom. The summed E-state index contributed by atoms with van der Waals surface area (Å²) in [7, 11) is 0. The summed E-state index contributed by atoms with van der Waals surface area (Å²) in [6.45, 7) is 6.46. The molecule has 2 aromatic heterocycles.